The molecular formula is C24H20F3N5O2S. The molecule has 35 heavy (non-hydrogen) atoms. The van der Waals surface area contributed by atoms with Gasteiger partial charge in [-0.3, -0.25) is 4.98 Å². The minimum absolute atomic E-state index is 0.0367. The van der Waals surface area contributed by atoms with Crippen LogP contribution in [0.25, 0.3) is 22.2 Å². The predicted octanol–water partition coefficient (Wildman–Crippen LogP) is 4.37. The molecule has 180 valence electrons. The van der Waals surface area contributed by atoms with Crippen LogP contribution in [0.1, 0.15) is 12.8 Å². The molecule has 0 radical (unpaired) electrons. The van der Waals surface area contributed by atoms with Crippen LogP contribution in [0.2, 0.25) is 0 Å². The maximum Gasteiger partial charge on any atom is 0.243 e. The summed E-state index contributed by atoms with van der Waals surface area (Å²) in [7, 11) is -3.73. The molecule has 1 aliphatic heterocycles. The summed E-state index contributed by atoms with van der Waals surface area (Å²) in [5.74, 6) is -1.62. The van der Waals surface area contributed by atoms with Gasteiger partial charge in [0, 0.05) is 36.3 Å². The number of sulfonamides is 1. The van der Waals surface area contributed by atoms with Gasteiger partial charge in [-0.1, -0.05) is 6.07 Å². The molecule has 0 aliphatic carbocycles. The summed E-state index contributed by atoms with van der Waals surface area (Å²) in [6.45, 7) is 0.489. The minimum atomic E-state index is -3.73. The number of anilines is 1. The fourth-order valence-electron chi connectivity index (χ4n) is 4.10. The summed E-state index contributed by atoms with van der Waals surface area (Å²) in [5.41, 5.74) is 0.390. The number of aromatic nitrogens is 3. The molecule has 0 spiro atoms. The van der Waals surface area contributed by atoms with Crippen LogP contribution in [0.15, 0.2) is 65.8 Å². The van der Waals surface area contributed by atoms with Crippen LogP contribution >= 0.6 is 0 Å². The second-order valence-corrected chi connectivity index (χ2v) is 10.1. The zero-order chi connectivity index (χ0) is 24.6. The van der Waals surface area contributed by atoms with Crippen molar-refractivity contribution in [2.75, 3.05) is 18.4 Å². The number of halogens is 3. The highest BCUT2D eigenvalue weighted by Crippen LogP contribution is 2.28. The molecule has 2 aromatic heterocycles. The topological polar surface area (TPSA) is 88.1 Å². The van der Waals surface area contributed by atoms with E-state index in [-0.39, 0.29) is 46.7 Å². The average Bonchev–Trinajstić information content (AvgIpc) is 2.86. The molecule has 5 rings (SSSR count). The highest BCUT2D eigenvalue weighted by molar-refractivity contribution is 7.89. The number of hydrogen-bond acceptors (Lipinski definition) is 6. The highest BCUT2D eigenvalue weighted by atomic mass is 32.2. The van der Waals surface area contributed by atoms with Crippen molar-refractivity contribution in [1.29, 1.82) is 0 Å². The van der Waals surface area contributed by atoms with Gasteiger partial charge in [0.05, 0.1) is 11.1 Å². The standard InChI is InChI=1S/C24H20F3N5O2S/c25-17-3-5-19(6-4-17)35(33,34)32-10-7-18(8-11-32)30-24-29-14-21(27)23(31-24)16-12-15-2-1-9-28-22(15)20(26)13-16/h1-6,9,12-14,18H,7-8,10-11H2,(H,29,30,31). The van der Waals surface area contributed by atoms with Crippen LogP contribution in [-0.4, -0.2) is 46.8 Å². The third-order valence-electron chi connectivity index (χ3n) is 5.91. The number of benzene rings is 2. The summed E-state index contributed by atoms with van der Waals surface area (Å²) < 4.78 is 69.2. The van der Waals surface area contributed by atoms with Gasteiger partial charge in [-0.15, -0.1) is 0 Å². The van der Waals surface area contributed by atoms with Gasteiger partial charge >= 0.3 is 0 Å². The molecular weight excluding hydrogens is 479 g/mol. The number of nitrogens with one attached hydrogen (secondary N) is 1. The molecule has 1 aliphatic rings. The van der Waals surface area contributed by atoms with Gasteiger partial charge in [0.2, 0.25) is 16.0 Å². The Kier molecular flexibility index (Phi) is 6.12. The third kappa shape index (κ3) is 4.69. The first-order chi connectivity index (χ1) is 16.8. The first kappa shape index (κ1) is 23.2. The first-order valence-electron chi connectivity index (χ1n) is 10.9. The Balaban J connectivity index is 1.31. The van der Waals surface area contributed by atoms with E-state index in [0.717, 1.165) is 18.3 Å². The van der Waals surface area contributed by atoms with Crippen LogP contribution in [0, 0.1) is 17.5 Å². The fraction of sp³-hybridized carbons (Fsp3) is 0.208. The van der Waals surface area contributed by atoms with Crippen LogP contribution < -0.4 is 5.32 Å². The molecule has 0 amide bonds. The molecule has 1 fully saturated rings. The number of fused-ring (bicyclic) bond motifs is 1. The molecule has 0 atom stereocenters. The number of rotatable bonds is 5. The lowest BCUT2D eigenvalue weighted by atomic mass is 10.1. The maximum atomic E-state index is 14.5. The van der Waals surface area contributed by atoms with Crippen molar-refractivity contribution >= 4 is 26.9 Å². The minimum Gasteiger partial charge on any atom is -0.351 e. The number of pyridine rings is 1. The van der Waals surface area contributed by atoms with E-state index in [1.54, 1.807) is 18.2 Å². The van der Waals surface area contributed by atoms with Crippen LogP contribution in [-0.2, 0) is 10.0 Å². The molecule has 4 aromatic rings. The van der Waals surface area contributed by atoms with Crippen molar-refractivity contribution in [3.63, 3.8) is 0 Å². The van der Waals surface area contributed by atoms with Crippen molar-refractivity contribution in [3.8, 4) is 11.3 Å². The number of hydrogen-bond donors (Lipinski definition) is 1. The smallest absolute Gasteiger partial charge is 0.243 e. The van der Waals surface area contributed by atoms with E-state index in [2.05, 4.69) is 20.3 Å². The average molecular weight is 500 g/mol. The van der Waals surface area contributed by atoms with Gasteiger partial charge in [-0.05, 0) is 55.3 Å². The molecule has 2 aromatic carbocycles. The van der Waals surface area contributed by atoms with E-state index in [1.807, 2.05) is 0 Å². The van der Waals surface area contributed by atoms with E-state index in [4.69, 9.17) is 0 Å². The van der Waals surface area contributed by atoms with E-state index in [9.17, 15) is 21.6 Å². The molecule has 11 heteroatoms. The Bertz CT molecular complexity index is 1490. The second-order valence-electron chi connectivity index (χ2n) is 8.20. The molecule has 0 saturated carbocycles. The molecule has 1 N–H and O–H groups in total. The highest BCUT2D eigenvalue weighted by Gasteiger charge is 2.29. The fourth-order valence-corrected chi connectivity index (χ4v) is 5.57. The third-order valence-corrected chi connectivity index (χ3v) is 7.83. The monoisotopic (exact) mass is 499 g/mol. The van der Waals surface area contributed by atoms with Crippen LogP contribution in [0.4, 0.5) is 19.1 Å². The van der Waals surface area contributed by atoms with E-state index in [1.165, 1.54) is 28.7 Å². The van der Waals surface area contributed by atoms with Gasteiger partial charge in [0.25, 0.3) is 0 Å². The Labute approximate surface area is 199 Å². The van der Waals surface area contributed by atoms with Crippen molar-refractivity contribution in [1.82, 2.24) is 19.3 Å². The van der Waals surface area contributed by atoms with Crippen molar-refractivity contribution < 1.29 is 21.6 Å². The van der Waals surface area contributed by atoms with Crippen LogP contribution in [0.5, 0.6) is 0 Å². The number of nitrogens with zero attached hydrogens (tertiary/aromatic N) is 4. The van der Waals surface area contributed by atoms with Gasteiger partial charge in [-0.2, -0.15) is 4.31 Å². The van der Waals surface area contributed by atoms with Gasteiger partial charge < -0.3 is 5.32 Å². The van der Waals surface area contributed by atoms with Crippen LogP contribution in [0.3, 0.4) is 0 Å². The van der Waals surface area contributed by atoms with Crippen molar-refractivity contribution in [3.05, 3.63) is 78.4 Å². The number of piperidine rings is 1. The molecule has 3 heterocycles. The Hall–Kier alpha value is -3.57. The predicted molar refractivity (Wildman–Crippen MR) is 124 cm³/mol. The largest absolute Gasteiger partial charge is 0.351 e. The summed E-state index contributed by atoms with van der Waals surface area (Å²) >= 11 is 0. The van der Waals surface area contributed by atoms with E-state index >= 15 is 0 Å². The van der Waals surface area contributed by atoms with Gasteiger partial charge in [0.15, 0.2) is 5.82 Å². The van der Waals surface area contributed by atoms with Gasteiger partial charge in [0.1, 0.15) is 22.8 Å². The maximum absolute atomic E-state index is 14.5. The zero-order valence-corrected chi connectivity index (χ0v) is 19.1. The lowest BCUT2D eigenvalue weighted by Gasteiger charge is -2.31. The first-order valence-corrected chi connectivity index (χ1v) is 12.3. The molecule has 1 saturated heterocycles. The lowest BCUT2D eigenvalue weighted by Crippen LogP contribution is -2.42. The summed E-state index contributed by atoms with van der Waals surface area (Å²) in [6, 6.07) is 10.7. The quantitative estimate of drug-likeness (QED) is 0.439. The molecule has 7 nitrogen and oxygen atoms in total. The van der Waals surface area contributed by atoms with E-state index < -0.39 is 27.5 Å². The molecule has 0 bridgehead atoms. The normalized spacial score (nSPS) is 15.4. The lowest BCUT2D eigenvalue weighted by molar-refractivity contribution is 0.329. The SMILES string of the molecule is O=S(=O)(c1ccc(F)cc1)N1CCC(Nc2ncc(F)c(-c3cc(F)c4ncccc4c3)n2)CC1. The van der Waals surface area contributed by atoms with Gasteiger partial charge in [-0.25, -0.2) is 31.6 Å². The summed E-state index contributed by atoms with van der Waals surface area (Å²) in [6.07, 6.45) is 3.43. The zero-order valence-electron chi connectivity index (χ0n) is 18.3. The summed E-state index contributed by atoms with van der Waals surface area (Å²) in [4.78, 5) is 12.3. The second kappa shape index (κ2) is 9.23. The Morgan fingerprint density at radius 3 is 2.43 bits per heavy atom. The Morgan fingerprint density at radius 1 is 0.943 bits per heavy atom. The van der Waals surface area contributed by atoms with Crippen molar-refractivity contribution in [2.24, 2.45) is 0 Å². The van der Waals surface area contributed by atoms with Crippen molar-refractivity contribution in [2.45, 2.75) is 23.8 Å². The van der Waals surface area contributed by atoms with E-state index in [0.29, 0.717) is 18.2 Å². The molecule has 0 unspecified atom stereocenters. The summed E-state index contributed by atoms with van der Waals surface area (Å²) in [5, 5.41) is 3.64. The Morgan fingerprint density at radius 2 is 1.69 bits per heavy atom.